The summed E-state index contributed by atoms with van der Waals surface area (Å²) in [6, 6.07) is 20.1. The zero-order chi connectivity index (χ0) is 26.5. The lowest BCUT2D eigenvalue weighted by atomic mass is 10.1. The SMILES string of the molecule is CC[C@@H](C)N(Cc1c(C)nn(-c2cccc(Cl)c2)c1Oc1ccc(OC)cc1)C(=O)c1ccc(F)cc1. The first-order valence-electron chi connectivity index (χ1n) is 12.0. The first-order valence-corrected chi connectivity index (χ1v) is 12.4. The van der Waals surface area contributed by atoms with Crippen molar-refractivity contribution in [3.05, 3.63) is 100 Å². The fourth-order valence-electron chi connectivity index (χ4n) is 3.94. The standard InChI is InChI=1S/C29H29ClFN3O3/c1-5-19(2)33(28(35)21-9-11-23(31)12-10-21)18-27-20(3)32-34(24-8-6-7-22(30)17-24)29(27)37-26-15-13-25(36-4)14-16-26/h6-17,19H,5,18H2,1-4H3/t19-/m1/s1. The normalized spacial score (nSPS) is 11.7. The van der Waals surface area contributed by atoms with Crippen LogP contribution in [0, 0.1) is 12.7 Å². The van der Waals surface area contributed by atoms with Gasteiger partial charge >= 0.3 is 0 Å². The van der Waals surface area contributed by atoms with Crippen molar-refractivity contribution in [3.8, 4) is 23.1 Å². The predicted molar refractivity (Wildman–Crippen MR) is 142 cm³/mol. The highest BCUT2D eigenvalue weighted by Crippen LogP contribution is 2.33. The van der Waals surface area contributed by atoms with Crippen LogP contribution in [-0.2, 0) is 6.54 Å². The van der Waals surface area contributed by atoms with E-state index in [1.807, 2.05) is 57.2 Å². The van der Waals surface area contributed by atoms with Crippen LogP contribution in [0.15, 0.2) is 72.8 Å². The van der Waals surface area contributed by atoms with Gasteiger partial charge in [0, 0.05) is 16.6 Å². The average molecular weight is 522 g/mol. The third-order valence-corrected chi connectivity index (χ3v) is 6.50. The molecular weight excluding hydrogens is 493 g/mol. The van der Waals surface area contributed by atoms with Crippen molar-refractivity contribution in [2.45, 2.75) is 39.8 Å². The summed E-state index contributed by atoms with van der Waals surface area (Å²) in [5, 5.41) is 5.32. The molecule has 4 aromatic rings. The fourth-order valence-corrected chi connectivity index (χ4v) is 4.12. The van der Waals surface area contributed by atoms with E-state index in [0.29, 0.717) is 33.7 Å². The molecule has 0 aliphatic carbocycles. The number of aryl methyl sites for hydroxylation is 1. The van der Waals surface area contributed by atoms with E-state index < -0.39 is 0 Å². The van der Waals surface area contributed by atoms with Gasteiger partial charge in [-0.15, -0.1) is 0 Å². The third kappa shape index (κ3) is 5.94. The molecule has 4 rings (SSSR count). The molecule has 0 radical (unpaired) electrons. The summed E-state index contributed by atoms with van der Waals surface area (Å²) in [7, 11) is 1.60. The highest BCUT2D eigenvalue weighted by Gasteiger charge is 2.27. The van der Waals surface area contributed by atoms with Crippen LogP contribution in [-0.4, -0.2) is 33.7 Å². The van der Waals surface area contributed by atoms with Crippen LogP contribution in [0.1, 0.15) is 41.9 Å². The fraction of sp³-hybridized carbons (Fsp3) is 0.241. The van der Waals surface area contributed by atoms with E-state index in [-0.39, 0.29) is 24.3 Å². The lowest BCUT2D eigenvalue weighted by Crippen LogP contribution is -2.38. The average Bonchev–Trinajstić information content (AvgIpc) is 3.21. The number of halogens is 2. The van der Waals surface area contributed by atoms with Gasteiger partial charge in [-0.2, -0.15) is 5.10 Å². The number of rotatable bonds is 9. The highest BCUT2D eigenvalue weighted by atomic mass is 35.5. The number of amides is 1. The molecule has 0 spiro atoms. The molecule has 1 atom stereocenters. The van der Waals surface area contributed by atoms with Crippen LogP contribution in [0.5, 0.6) is 17.4 Å². The number of carbonyl (C=O) groups is 1. The molecular formula is C29H29ClFN3O3. The topological polar surface area (TPSA) is 56.6 Å². The second kappa shape index (κ2) is 11.5. The molecule has 0 N–H and O–H groups in total. The summed E-state index contributed by atoms with van der Waals surface area (Å²) in [4.78, 5) is 15.3. The summed E-state index contributed by atoms with van der Waals surface area (Å²) in [6.07, 6.45) is 0.739. The van der Waals surface area contributed by atoms with Crippen molar-refractivity contribution in [3.63, 3.8) is 0 Å². The molecule has 192 valence electrons. The second-order valence-corrected chi connectivity index (χ2v) is 9.17. The Morgan fingerprint density at radius 3 is 2.38 bits per heavy atom. The highest BCUT2D eigenvalue weighted by molar-refractivity contribution is 6.30. The molecule has 1 aromatic heterocycles. The third-order valence-electron chi connectivity index (χ3n) is 6.27. The quantitative estimate of drug-likeness (QED) is 0.233. The molecule has 0 saturated carbocycles. The van der Waals surface area contributed by atoms with Gasteiger partial charge in [-0.1, -0.05) is 24.6 Å². The van der Waals surface area contributed by atoms with Crippen LogP contribution in [0.4, 0.5) is 4.39 Å². The number of hydrogen-bond donors (Lipinski definition) is 0. The predicted octanol–water partition coefficient (Wildman–Crippen LogP) is 7.22. The van der Waals surface area contributed by atoms with Gasteiger partial charge < -0.3 is 14.4 Å². The van der Waals surface area contributed by atoms with Crippen LogP contribution >= 0.6 is 11.6 Å². The smallest absolute Gasteiger partial charge is 0.254 e. The second-order valence-electron chi connectivity index (χ2n) is 8.74. The molecule has 3 aromatic carbocycles. The lowest BCUT2D eigenvalue weighted by molar-refractivity contribution is 0.0670. The molecule has 0 fully saturated rings. The number of nitrogens with zero attached hydrogens (tertiary/aromatic N) is 3. The molecule has 0 unspecified atom stereocenters. The number of hydrogen-bond acceptors (Lipinski definition) is 4. The number of ether oxygens (including phenoxy) is 2. The van der Waals surface area contributed by atoms with Crippen molar-refractivity contribution >= 4 is 17.5 Å². The minimum Gasteiger partial charge on any atom is -0.497 e. The number of methoxy groups -OCH3 is 1. The Balaban J connectivity index is 1.78. The zero-order valence-corrected chi connectivity index (χ0v) is 22.0. The van der Waals surface area contributed by atoms with Crippen molar-refractivity contribution in [1.29, 1.82) is 0 Å². The molecule has 6 nitrogen and oxygen atoms in total. The van der Waals surface area contributed by atoms with Crippen molar-refractivity contribution < 1.29 is 18.7 Å². The minimum absolute atomic E-state index is 0.0830. The van der Waals surface area contributed by atoms with Crippen molar-refractivity contribution in [2.24, 2.45) is 0 Å². The Bertz CT molecular complexity index is 1370. The van der Waals surface area contributed by atoms with Crippen molar-refractivity contribution in [1.82, 2.24) is 14.7 Å². The molecule has 37 heavy (non-hydrogen) atoms. The van der Waals surface area contributed by atoms with E-state index in [2.05, 4.69) is 0 Å². The van der Waals surface area contributed by atoms with Gasteiger partial charge in [0.2, 0.25) is 5.88 Å². The van der Waals surface area contributed by atoms with Gasteiger partial charge in [0.05, 0.1) is 30.6 Å². The van der Waals surface area contributed by atoms with Crippen LogP contribution in [0.25, 0.3) is 5.69 Å². The summed E-state index contributed by atoms with van der Waals surface area (Å²) in [5.41, 5.74) is 2.61. The summed E-state index contributed by atoms with van der Waals surface area (Å²) in [5.74, 6) is 1.19. The first kappa shape index (κ1) is 26.2. The van der Waals surface area contributed by atoms with Crippen molar-refractivity contribution in [2.75, 3.05) is 7.11 Å². The molecule has 8 heteroatoms. The van der Waals surface area contributed by atoms with E-state index in [9.17, 15) is 9.18 Å². The molecule has 0 aliphatic heterocycles. The van der Waals surface area contributed by atoms with Gasteiger partial charge in [0.15, 0.2) is 0 Å². The van der Waals surface area contributed by atoms with E-state index in [0.717, 1.165) is 17.7 Å². The maximum absolute atomic E-state index is 13.5. The lowest BCUT2D eigenvalue weighted by Gasteiger charge is -2.29. The zero-order valence-electron chi connectivity index (χ0n) is 21.2. The Kier molecular flexibility index (Phi) is 8.14. The number of benzene rings is 3. The van der Waals surface area contributed by atoms with Crippen LogP contribution < -0.4 is 9.47 Å². The summed E-state index contributed by atoms with van der Waals surface area (Å²) in [6.45, 7) is 6.15. The largest absolute Gasteiger partial charge is 0.497 e. The Labute approximate surface area is 221 Å². The van der Waals surface area contributed by atoms with Gasteiger partial charge in [-0.25, -0.2) is 9.07 Å². The van der Waals surface area contributed by atoms with E-state index in [1.54, 1.807) is 28.8 Å². The summed E-state index contributed by atoms with van der Waals surface area (Å²) >= 11 is 6.28. The minimum atomic E-state index is -0.388. The van der Waals surface area contributed by atoms with Crippen LogP contribution in [0.2, 0.25) is 5.02 Å². The first-order chi connectivity index (χ1) is 17.8. The van der Waals surface area contributed by atoms with Crippen LogP contribution in [0.3, 0.4) is 0 Å². The molecule has 0 saturated heterocycles. The Morgan fingerprint density at radius 2 is 1.76 bits per heavy atom. The van der Waals surface area contributed by atoms with Gasteiger partial charge in [0.1, 0.15) is 17.3 Å². The number of carbonyl (C=O) groups excluding carboxylic acids is 1. The molecule has 1 amide bonds. The maximum atomic E-state index is 13.5. The van der Waals surface area contributed by atoms with Gasteiger partial charge in [-0.05, 0) is 87.0 Å². The van der Waals surface area contributed by atoms with E-state index >= 15 is 0 Å². The molecule has 0 bridgehead atoms. The maximum Gasteiger partial charge on any atom is 0.254 e. The van der Waals surface area contributed by atoms with E-state index in [4.69, 9.17) is 26.2 Å². The number of aromatic nitrogens is 2. The monoisotopic (exact) mass is 521 g/mol. The van der Waals surface area contributed by atoms with Gasteiger partial charge in [-0.3, -0.25) is 4.79 Å². The molecule has 0 aliphatic rings. The van der Waals surface area contributed by atoms with E-state index in [1.165, 1.54) is 24.3 Å². The Hall–Kier alpha value is -3.84. The Morgan fingerprint density at radius 1 is 1.08 bits per heavy atom. The molecule has 1 heterocycles. The van der Waals surface area contributed by atoms with Gasteiger partial charge in [0.25, 0.3) is 5.91 Å². The summed E-state index contributed by atoms with van der Waals surface area (Å²) < 4.78 is 26.8.